The van der Waals surface area contributed by atoms with E-state index in [4.69, 9.17) is 17.3 Å². The molecule has 0 aromatic heterocycles. The first kappa shape index (κ1) is 10.5. The number of benzene rings is 1. The van der Waals surface area contributed by atoms with E-state index in [2.05, 4.69) is 15.9 Å². The van der Waals surface area contributed by atoms with Crippen LogP contribution in [0.5, 0.6) is 0 Å². The second-order valence-electron chi connectivity index (χ2n) is 2.71. The summed E-state index contributed by atoms with van der Waals surface area (Å²) >= 11 is 8.93. The van der Waals surface area contributed by atoms with Crippen LogP contribution in [-0.4, -0.2) is 11.1 Å². The van der Waals surface area contributed by atoms with Crippen molar-refractivity contribution in [2.45, 2.75) is 6.92 Å². The first-order valence-electron chi connectivity index (χ1n) is 3.71. The molecule has 0 saturated carbocycles. The molecule has 70 valence electrons. The van der Waals surface area contributed by atoms with E-state index in [0.29, 0.717) is 16.3 Å². The number of ketones is 1. The molecular formula is C9H9BrClNO. The lowest BCUT2D eigenvalue weighted by atomic mass is 10.1. The summed E-state index contributed by atoms with van der Waals surface area (Å²) in [7, 11) is 0. The van der Waals surface area contributed by atoms with Gasteiger partial charge in [-0.05, 0) is 18.6 Å². The van der Waals surface area contributed by atoms with Crippen molar-refractivity contribution in [2.24, 2.45) is 0 Å². The van der Waals surface area contributed by atoms with Gasteiger partial charge in [0.2, 0.25) is 0 Å². The molecule has 1 rings (SSSR count). The van der Waals surface area contributed by atoms with Crippen LogP contribution in [0.4, 0.5) is 5.69 Å². The highest BCUT2D eigenvalue weighted by Crippen LogP contribution is 2.26. The van der Waals surface area contributed by atoms with Crippen LogP contribution in [0.1, 0.15) is 15.9 Å². The number of nitrogens with two attached hydrogens (primary N) is 1. The van der Waals surface area contributed by atoms with Crippen molar-refractivity contribution in [3.05, 3.63) is 28.3 Å². The number of carbonyl (C=O) groups excluding carboxylic acids is 1. The summed E-state index contributed by atoms with van der Waals surface area (Å²) in [5, 5.41) is 0.646. The van der Waals surface area contributed by atoms with E-state index in [1.54, 1.807) is 12.1 Å². The summed E-state index contributed by atoms with van der Waals surface area (Å²) < 4.78 is 0. The molecule has 2 N–H and O–H groups in total. The number of hydrogen-bond donors (Lipinski definition) is 1. The molecule has 0 unspecified atom stereocenters. The van der Waals surface area contributed by atoms with Gasteiger partial charge in [0, 0.05) is 5.69 Å². The molecule has 0 aliphatic rings. The third-order valence-electron chi connectivity index (χ3n) is 1.81. The van der Waals surface area contributed by atoms with Gasteiger partial charge in [-0.1, -0.05) is 33.6 Å². The standard InChI is InChI=1S/C9H9BrClNO/c1-5-2-3-6(11)8(9(5)12)7(13)4-10/h2-3H,4,12H2,1H3. The van der Waals surface area contributed by atoms with E-state index >= 15 is 0 Å². The summed E-state index contributed by atoms with van der Waals surface area (Å²) in [6.07, 6.45) is 0. The van der Waals surface area contributed by atoms with E-state index in [-0.39, 0.29) is 11.1 Å². The van der Waals surface area contributed by atoms with Crippen LogP contribution >= 0.6 is 27.5 Å². The minimum absolute atomic E-state index is 0.0915. The van der Waals surface area contributed by atoms with Crippen molar-refractivity contribution < 1.29 is 4.79 Å². The monoisotopic (exact) mass is 261 g/mol. The Bertz CT molecular complexity index is 352. The predicted octanol–water partition coefficient (Wildman–Crippen LogP) is 2.81. The number of halogens is 2. The van der Waals surface area contributed by atoms with Gasteiger partial charge in [-0.3, -0.25) is 4.79 Å². The second kappa shape index (κ2) is 4.11. The minimum Gasteiger partial charge on any atom is -0.398 e. The molecule has 1 aromatic rings. The Morgan fingerprint density at radius 3 is 2.77 bits per heavy atom. The van der Waals surface area contributed by atoms with Crippen molar-refractivity contribution in [2.75, 3.05) is 11.1 Å². The lowest BCUT2D eigenvalue weighted by Gasteiger charge is -2.07. The molecule has 0 radical (unpaired) electrons. The zero-order valence-corrected chi connectivity index (χ0v) is 9.45. The van der Waals surface area contributed by atoms with Crippen LogP contribution in [0.2, 0.25) is 5.02 Å². The zero-order chi connectivity index (χ0) is 10.0. The van der Waals surface area contributed by atoms with Gasteiger partial charge in [0.1, 0.15) is 0 Å². The van der Waals surface area contributed by atoms with Crippen LogP contribution in [-0.2, 0) is 0 Å². The van der Waals surface area contributed by atoms with E-state index in [9.17, 15) is 4.79 Å². The Labute approximate surface area is 90.2 Å². The van der Waals surface area contributed by atoms with Crippen LogP contribution in [0, 0.1) is 6.92 Å². The van der Waals surface area contributed by atoms with Gasteiger partial charge < -0.3 is 5.73 Å². The zero-order valence-electron chi connectivity index (χ0n) is 7.10. The lowest BCUT2D eigenvalue weighted by Crippen LogP contribution is -2.07. The Morgan fingerprint density at radius 2 is 2.23 bits per heavy atom. The second-order valence-corrected chi connectivity index (χ2v) is 3.68. The fourth-order valence-corrected chi connectivity index (χ4v) is 1.60. The Kier molecular flexibility index (Phi) is 3.33. The Morgan fingerprint density at radius 1 is 1.62 bits per heavy atom. The molecule has 0 heterocycles. The first-order chi connectivity index (χ1) is 6.07. The molecule has 0 saturated heterocycles. The third kappa shape index (κ3) is 2.03. The number of aryl methyl sites for hydroxylation is 1. The maximum Gasteiger partial charge on any atom is 0.176 e. The fourth-order valence-electron chi connectivity index (χ4n) is 1.05. The van der Waals surface area contributed by atoms with Crippen LogP contribution in [0.15, 0.2) is 12.1 Å². The van der Waals surface area contributed by atoms with E-state index in [1.807, 2.05) is 6.92 Å². The molecular weight excluding hydrogens is 253 g/mol. The smallest absolute Gasteiger partial charge is 0.176 e. The summed E-state index contributed by atoms with van der Waals surface area (Å²) in [4.78, 5) is 11.4. The topological polar surface area (TPSA) is 43.1 Å². The van der Waals surface area contributed by atoms with Crippen LogP contribution < -0.4 is 5.73 Å². The average Bonchev–Trinajstić information content (AvgIpc) is 2.12. The summed E-state index contributed by atoms with van der Waals surface area (Å²) in [5.74, 6) is -0.0915. The highest BCUT2D eigenvalue weighted by molar-refractivity contribution is 9.09. The van der Waals surface area contributed by atoms with Crippen LogP contribution in [0.25, 0.3) is 0 Å². The summed E-state index contributed by atoms with van der Waals surface area (Å²) in [5.41, 5.74) is 7.49. The maximum absolute atomic E-state index is 11.4. The quantitative estimate of drug-likeness (QED) is 0.506. The SMILES string of the molecule is Cc1ccc(Cl)c(C(=O)CBr)c1N. The number of carbonyl (C=O) groups is 1. The highest BCUT2D eigenvalue weighted by atomic mass is 79.9. The van der Waals surface area contributed by atoms with Crippen LogP contribution in [0.3, 0.4) is 0 Å². The largest absolute Gasteiger partial charge is 0.398 e. The van der Waals surface area contributed by atoms with Gasteiger partial charge in [-0.25, -0.2) is 0 Å². The molecule has 2 nitrogen and oxygen atoms in total. The van der Waals surface area contributed by atoms with E-state index < -0.39 is 0 Å². The first-order valence-corrected chi connectivity index (χ1v) is 5.21. The normalized spacial score (nSPS) is 10.1. The molecule has 1 aromatic carbocycles. The molecule has 13 heavy (non-hydrogen) atoms. The van der Waals surface area contributed by atoms with Crippen molar-refractivity contribution in [1.29, 1.82) is 0 Å². The lowest BCUT2D eigenvalue weighted by molar-refractivity contribution is 0.102. The number of hydrogen-bond acceptors (Lipinski definition) is 2. The molecule has 0 aliphatic heterocycles. The number of alkyl halides is 1. The van der Waals surface area contributed by atoms with Gasteiger partial charge in [0.05, 0.1) is 15.9 Å². The Balaban J connectivity index is 3.33. The van der Waals surface area contributed by atoms with Gasteiger partial charge >= 0.3 is 0 Å². The highest BCUT2D eigenvalue weighted by Gasteiger charge is 2.13. The number of Topliss-reactive ketones (excluding diaryl/α,β-unsaturated/α-hetero) is 1. The molecule has 0 aliphatic carbocycles. The number of anilines is 1. The van der Waals surface area contributed by atoms with Crippen molar-refractivity contribution in [3.8, 4) is 0 Å². The molecule has 4 heteroatoms. The predicted molar refractivity (Wildman–Crippen MR) is 58.7 cm³/mol. The van der Waals surface area contributed by atoms with Crippen molar-refractivity contribution in [3.63, 3.8) is 0 Å². The van der Waals surface area contributed by atoms with Gasteiger partial charge in [0.15, 0.2) is 5.78 Å². The van der Waals surface area contributed by atoms with Gasteiger partial charge in [-0.15, -0.1) is 0 Å². The van der Waals surface area contributed by atoms with Gasteiger partial charge in [-0.2, -0.15) is 0 Å². The summed E-state index contributed by atoms with van der Waals surface area (Å²) in [6, 6.07) is 3.48. The third-order valence-corrected chi connectivity index (χ3v) is 2.64. The minimum atomic E-state index is -0.0915. The van der Waals surface area contributed by atoms with Crippen molar-refractivity contribution in [1.82, 2.24) is 0 Å². The average molecular weight is 263 g/mol. The van der Waals surface area contributed by atoms with E-state index in [0.717, 1.165) is 5.56 Å². The molecule has 0 bridgehead atoms. The Hall–Kier alpha value is -0.540. The number of rotatable bonds is 2. The molecule has 0 spiro atoms. The van der Waals surface area contributed by atoms with Crippen molar-refractivity contribution >= 4 is 39.0 Å². The molecule has 0 fully saturated rings. The number of nitrogen functional groups attached to an aromatic ring is 1. The summed E-state index contributed by atoms with van der Waals surface area (Å²) in [6.45, 7) is 1.84. The molecule has 0 amide bonds. The van der Waals surface area contributed by atoms with E-state index in [1.165, 1.54) is 0 Å². The fraction of sp³-hybridized carbons (Fsp3) is 0.222. The molecule has 0 atom stereocenters. The maximum atomic E-state index is 11.4. The van der Waals surface area contributed by atoms with Gasteiger partial charge in [0.25, 0.3) is 0 Å².